The number of pyridine rings is 1. The first kappa shape index (κ1) is 6.71. The molecule has 2 heterocycles. The summed E-state index contributed by atoms with van der Waals surface area (Å²) < 4.78 is 0. The summed E-state index contributed by atoms with van der Waals surface area (Å²) in [6.07, 6.45) is 8.01. The van der Waals surface area contributed by atoms with Gasteiger partial charge in [-0.25, -0.2) is 0 Å². The zero-order valence-corrected chi connectivity index (χ0v) is 6.94. The first-order chi connectivity index (χ1) is 6.45. The Hall–Kier alpha value is -1.77. The fraction of sp³-hybridized carbons (Fsp3) is 0.100. The highest BCUT2D eigenvalue weighted by atomic mass is 14.8. The van der Waals surface area contributed by atoms with Gasteiger partial charge in [-0.3, -0.25) is 15.0 Å². The molecular weight excluding hydrogens is 162 g/mol. The molecule has 0 bridgehead atoms. The average molecular weight is 169 g/mol. The maximum atomic E-state index is 4.31. The van der Waals surface area contributed by atoms with Gasteiger partial charge < -0.3 is 0 Å². The monoisotopic (exact) mass is 169 g/mol. The van der Waals surface area contributed by atoms with Gasteiger partial charge in [-0.15, -0.1) is 0 Å². The zero-order valence-electron chi connectivity index (χ0n) is 6.94. The molecule has 0 N–H and O–H groups in total. The van der Waals surface area contributed by atoms with Crippen LogP contribution < -0.4 is 0 Å². The van der Waals surface area contributed by atoms with Crippen LogP contribution in [0.25, 0.3) is 11.3 Å². The van der Waals surface area contributed by atoms with Crippen molar-refractivity contribution in [2.24, 2.45) is 0 Å². The quantitative estimate of drug-likeness (QED) is 0.511. The Morgan fingerprint density at radius 1 is 1.08 bits per heavy atom. The Labute approximate surface area is 75.5 Å². The van der Waals surface area contributed by atoms with E-state index in [4.69, 9.17) is 0 Å². The average Bonchev–Trinajstić information content (AvgIpc) is 2.56. The SMILES string of the molecule is c1cc2c(cn1)Cc1nccnc1-2. The van der Waals surface area contributed by atoms with Crippen molar-refractivity contribution < 1.29 is 0 Å². The summed E-state index contributed by atoms with van der Waals surface area (Å²) in [5.41, 5.74) is 4.48. The van der Waals surface area contributed by atoms with E-state index in [1.54, 1.807) is 18.6 Å². The molecule has 3 heteroatoms. The lowest BCUT2D eigenvalue weighted by atomic mass is 10.2. The lowest BCUT2D eigenvalue weighted by Crippen LogP contribution is -1.86. The Bertz CT molecular complexity index is 422. The Balaban J connectivity index is 2.32. The maximum Gasteiger partial charge on any atom is 0.0924 e. The lowest BCUT2D eigenvalue weighted by molar-refractivity contribution is 1.08. The van der Waals surface area contributed by atoms with Crippen LogP contribution >= 0.6 is 0 Å². The number of fused-ring (bicyclic) bond motifs is 3. The number of rotatable bonds is 0. The van der Waals surface area contributed by atoms with E-state index in [9.17, 15) is 0 Å². The molecule has 0 spiro atoms. The van der Waals surface area contributed by atoms with Gasteiger partial charge in [0.1, 0.15) is 0 Å². The van der Waals surface area contributed by atoms with Crippen molar-refractivity contribution in [1.82, 2.24) is 15.0 Å². The molecule has 3 rings (SSSR count). The van der Waals surface area contributed by atoms with Gasteiger partial charge in [-0.1, -0.05) is 0 Å². The predicted molar refractivity (Wildman–Crippen MR) is 48.1 cm³/mol. The summed E-state index contributed by atoms with van der Waals surface area (Å²) in [5, 5.41) is 0. The lowest BCUT2D eigenvalue weighted by Gasteiger charge is -1.95. The Morgan fingerprint density at radius 2 is 2.00 bits per heavy atom. The fourth-order valence-electron chi connectivity index (χ4n) is 1.70. The van der Waals surface area contributed by atoms with Gasteiger partial charge in [-0.2, -0.15) is 0 Å². The smallest absolute Gasteiger partial charge is 0.0924 e. The molecule has 0 saturated heterocycles. The first-order valence-corrected chi connectivity index (χ1v) is 4.18. The van der Waals surface area contributed by atoms with Crippen LogP contribution in [0.15, 0.2) is 30.9 Å². The Morgan fingerprint density at radius 3 is 3.00 bits per heavy atom. The highest BCUT2D eigenvalue weighted by molar-refractivity contribution is 5.70. The second-order valence-corrected chi connectivity index (χ2v) is 3.06. The molecule has 0 amide bonds. The third-order valence-electron chi connectivity index (χ3n) is 2.29. The molecule has 0 unspecified atom stereocenters. The van der Waals surface area contributed by atoms with Crippen molar-refractivity contribution in [3.05, 3.63) is 42.1 Å². The van der Waals surface area contributed by atoms with Crippen molar-refractivity contribution in [2.75, 3.05) is 0 Å². The summed E-state index contributed by atoms with van der Waals surface area (Å²) in [7, 11) is 0. The molecule has 0 atom stereocenters. The molecule has 0 fully saturated rings. The number of aromatic nitrogens is 3. The van der Waals surface area contributed by atoms with Gasteiger partial charge >= 0.3 is 0 Å². The van der Waals surface area contributed by atoms with E-state index in [0.29, 0.717) is 0 Å². The predicted octanol–water partition coefficient (Wildman–Crippen LogP) is 1.44. The molecular formula is C10H7N3. The second-order valence-electron chi connectivity index (χ2n) is 3.06. The van der Waals surface area contributed by atoms with Crippen molar-refractivity contribution in [3.63, 3.8) is 0 Å². The Kier molecular flexibility index (Phi) is 1.22. The number of nitrogens with zero attached hydrogens (tertiary/aromatic N) is 3. The zero-order chi connectivity index (χ0) is 8.67. The molecule has 1 aliphatic rings. The summed E-state index contributed by atoms with van der Waals surface area (Å²) >= 11 is 0. The molecule has 62 valence electrons. The van der Waals surface area contributed by atoms with Crippen molar-refractivity contribution in [2.45, 2.75) is 6.42 Å². The van der Waals surface area contributed by atoms with Crippen LogP contribution in [-0.2, 0) is 6.42 Å². The molecule has 2 aromatic heterocycles. The van der Waals surface area contributed by atoms with E-state index in [1.165, 1.54) is 11.1 Å². The summed E-state index contributed by atoms with van der Waals surface area (Å²) in [5.74, 6) is 0. The van der Waals surface area contributed by atoms with Gasteiger partial charge in [-0.05, 0) is 11.6 Å². The van der Waals surface area contributed by atoms with Crippen molar-refractivity contribution in [1.29, 1.82) is 0 Å². The van der Waals surface area contributed by atoms with E-state index in [0.717, 1.165) is 17.8 Å². The number of hydrogen-bond donors (Lipinski definition) is 0. The minimum atomic E-state index is 0.867. The van der Waals surface area contributed by atoms with E-state index < -0.39 is 0 Å². The molecule has 0 radical (unpaired) electrons. The van der Waals surface area contributed by atoms with Crippen LogP contribution in [0.2, 0.25) is 0 Å². The standard InChI is InChI=1S/C10H7N3/c1-2-11-6-7-5-9-10(8(1)7)13-4-3-12-9/h1-4,6H,5H2. The third kappa shape index (κ3) is 0.869. The van der Waals surface area contributed by atoms with Crippen LogP contribution in [0.1, 0.15) is 11.3 Å². The van der Waals surface area contributed by atoms with Crippen LogP contribution in [0, 0.1) is 0 Å². The topological polar surface area (TPSA) is 38.7 Å². The second kappa shape index (κ2) is 2.36. The van der Waals surface area contributed by atoms with Crippen molar-refractivity contribution >= 4 is 0 Å². The van der Waals surface area contributed by atoms with Crippen LogP contribution in [0.4, 0.5) is 0 Å². The summed E-state index contributed by atoms with van der Waals surface area (Å²) in [6.45, 7) is 0. The van der Waals surface area contributed by atoms with Crippen LogP contribution in [-0.4, -0.2) is 15.0 Å². The maximum absolute atomic E-state index is 4.31. The minimum Gasteiger partial charge on any atom is -0.264 e. The van der Waals surface area contributed by atoms with Gasteiger partial charge in [0.15, 0.2) is 0 Å². The molecule has 0 aromatic carbocycles. The number of hydrogen-bond acceptors (Lipinski definition) is 3. The molecule has 2 aromatic rings. The fourth-order valence-corrected chi connectivity index (χ4v) is 1.70. The molecule has 0 aliphatic heterocycles. The molecule has 3 nitrogen and oxygen atoms in total. The van der Waals surface area contributed by atoms with Gasteiger partial charge in [0.05, 0.1) is 11.4 Å². The van der Waals surface area contributed by atoms with Gasteiger partial charge in [0, 0.05) is 36.8 Å². The third-order valence-corrected chi connectivity index (χ3v) is 2.29. The molecule has 13 heavy (non-hydrogen) atoms. The first-order valence-electron chi connectivity index (χ1n) is 4.18. The van der Waals surface area contributed by atoms with E-state index >= 15 is 0 Å². The van der Waals surface area contributed by atoms with Crippen LogP contribution in [0.5, 0.6) is 0 Å². The van der Waals surface area contributed by atoms with E-state index in [2.05, 4.69) is 15.0 Å². The van der Waals surface area contributed by atoms with Gasteiger partial charge in [0.25, 0.3) is 0 Å². The minimum absolute atomic E-state index is 0.867. The van der Waals surface area contributed by atoms with E-state index in [1.807, 2.05) is 12.3 Å². The van der Waals surface area contributed by atoms with E-state index in [-0.39, 0.29) is 0 Å². The molecule has 0 saturated carbocycles. The van der Waals surface area contributed by atoms with Crippen molar-refractivity contribution in [3.8, 4) is 11.3 Å². The largest absolute Gasteiger partial charge is 0.264 e. The highest BCUT2D eigenvalue weighted by Gasteiger charge is 2.19. The summed E-state index contributed by atoms with van der Waals surface area (Å²) in [4.78, 5) is 12.7. The normalized spacial score (nSPS) is 12.3. The summed E-state index contributed by atoms with van der Waals surface area (Å²) in [6, 6.07) is 2.00. The van der Waals surface area contributed by atoms with Crippen LogP contribution in [0.3, 0.4) is 0 Å². The highest BCUT2D eigenvalue weighted by Crippen LogP contribution is 2.31. The van der Waals surface area contributed by atoms with Gasteiger partial charge in [0.2, 0.25) is 0 Å². The molecule has 1 aliphatic carbocycles.